The van der Waals surface area contributed by atoms with E-state index in [0.29, 0.717) is 32.4 Å². The van der Waals surface area contributed by atoms with E-state index in [0.717, 1.165) is 30.5 Å². The van der Waals surface area contributed by atoms with E-state index in [1.807, 2.05) is 29.2 Å². The predicted molar refractivity (Wildman–Crippen MR) is 108 cm³/mol. The molecule has 1 atom stereocenters. The van der Waals surface area contributed by atoms with Crippen molar-refractivity contribution in [3.63, 3.8) is 0 Å². The zero-order valence-electron chi connectivity index (χ0n) is 16.9. The van der Waals surface area contributed by atoms with Crippen LogP contribution in [0.2, 0.25) is 0 Å². The topological polar surface area (TPSA) is 52.7 Å². The van der Waals surface area contributed by atoms with Gasteiger partial charge in [-0.2, -0.15) is 13.2 Å². The van der Waals surface area contributed by atoms with Crippen molar-refractivity contribution in [3.05, 3.63) is 24.3 Å². The van der Waals surface area contributed by atoms with E-state index in [2.05, 4.69) is 10.2 Å². The Morgan fingerprint density at radius 1 is 1.07 bits per heavy atom. The van der Waals surface area contributed by atoms with Crippen molar-refractivity contribution in [2.45, 2.75) is 63.3 Å². The number of carbonyl (C=O) groups excluding carboxylic acids is 2. The lowest BCUT2D eigenvalue weighted by Crippen LogP contribution is -2.51. The van der Waals surface area contributed by atoms with E-state index in [1.54, 1.807) is 0 Å². The van der Waals surface area contributed by atoms with Gasteiger partial charge in [-0.3, -0.25) is 9.59 Å². The molecular formula is C22H28F3N3O2. The van der Waals surface area contributed by atoms with Crippen LogP contribution in [0.25, 0.3) is 0 Å². The van der Waals surface area contributed by atoms with Crippen LogP contribution in [0.5, 0.6) is 0 Å². The third kappa shape index (κ3) is 4.27. The minimum atomic E-state index is -4.11. The molecular weight excluding hydrogens is 395 g/mol. The Bertz CT molecular complexity index is 769. The molecule has 1 saturated carbocycles. The SMILES string of the molecule is O=CC1Nc2ccccc2N1C1CCN(C(=O)CC2CCC(C(F)(F)F)CC2)CC1. The smallest absolute Gasteiger partial charge is 0.358 e. The second-order valence-electron chi connectivity index (χ2n) is 8.73. The fraction of sp³-hybridized carbons (Fsp3) is 0.636. The van der Waals surface area contributed by atoms with Gasteiger partial charge in [0, 0.05) is 25.6 Å². The van der Waals surface area contributed by atoms with Crippen LogP contribution >= 0.6 is 0 Å². The first-order chi connectivity index (χ1) is 14.4. The molecule has 0 bridgehead atoms. The highest BCUT2D eigenvalue weighted by Gasteiger charge is 2.42. The number of fused-ring (bicyclic) bond motifs is 1. The average molecular weight is 423 g/mol. The highest BCUT2D eigenvalue weighted by molar-refractivity contribution is 5.85. The Morgan fingerprint density at radius 3 is 2.37 bits per heavy atom. The van der Waals surface area contributed by atoms with Crippen LogP contribution in [0.3, 0.4) is 0 Å². The third-order valence-corrected chi connectivity index (χ3v) is 6.90. The van der Waals surface area contributed by atoms with E-state index in [4.69, 9.17) is 0 Å². The summed E-state index contributed by atoms with van der Waals surface area (Å²) >= 11 is 0. The molecule has 0 spiro atoms. The lowest BCUT2D eigenvalue weighted by atomic mass is 9.80. The number of alkyl halides is 3. The van der Waals surface area contributed by atoms with Crippen LogP contribution in [-0.2, 0) is 9.59 Å². The molecule has 2 aliphatic heterocycles. The average Bonchev–Trinajstić information content (AvgIpc) is 3.12. The number of para-hydroxylation sites is 2. The molecule has 0 aromatic heterocycles. The number of carbonyl (C=O) groups is 2. The number of halogens is 3. The van der Waals surface area contributed by atoms with Crippen LogP contribution in [0.15, 0.2) is 24.3 Å². The van der Waals surface area contributed by atoms with Crippen LogP contribution in [0.4, 0.5) is 24.5 Å². The normalized spacial score (nSPS) is 27.5. The van der Waals surface area contributed by atoms with Gasteiger partial charge in [0.2, 0.25) is 5.91 Å². The molecule has 3 aliphatic rings. The first-order valence-electron chi connectivity index (χ1n) is 10.8. The molecule has 0 radical (unpaired) electrons. The Labute approximate surface area is 174 Å². The number of likely N-dealkylation sites (tertiary alicyclic amines) is 1. The summed E-state index contributed by atoms with van der Waals surface area (Å²) in [5.74, 6) is -1.10. The molecule has 8 heteroatoms. The number of anilines is 2. The Hall–Kier alpha value is -2.25. The molecule has 2 heterocycles. The van der Waals surface area contributed by atoms with E-state index < -0.39 is 18.3 Å². The number of hydrogen-bond acceptors (Lipinski definition) is 4. The number of aldehydes is 1. The molecule has 1 unspecified atom stereocenters. The number of nitrogens with one attached hydrogen (secondary N) is 1. The van der Waals surface area contributed by atoms with Crippen molar-refractivity contribution < 1.29 is 22.8 Å². The number of amides is 1. The van der Waals surface area contributed by atoms with Crippen molar-refractivity contribution >= 4 is 23.6 Å². The highest BCUT2D eigenvalue weighted by atomic mass is 19.4. The van der Waals surface area contributed by atoms with Crippen LogP contribution in [0.1, 0.15) is 44.9 Å². The molecule has 4 rings (SSSR count). The minimum absolute atomic E-state index is 0.0517. The molecule has 1 saturated heterocycles. The standard InChI is InChI=1S/C22H28F3N3O2/c23-22(24,25)16-7-5-15(6-8-16)13-21(30)27-11-9-17(10-12-27)28-19-4-2-1-3-18(19)26-20(28)14-29/h1-4,14-17,20,26H,5-13H2. The van der Waals surface area contributed by atoms with Crippen molar-refractivity contribution in [1.29, 1.82) is 0 Å². The Balaban J connectivity index is 1.29. The summed E-state index contributed by atoms with van der Waals surface area (Å²) in [5, 5.41) is 3.23. The number of piperidine rings is 1. The first kappa shape index (κ1) is 21.0. The maximum absolute atomic E-state index is 12.8. The number of hydrogen-bond donors (Lipinski definition) is 1. The minimum Gasteiger partial charge on any atom is -0.358 e. The quantitative estimate of drug-likeness (QED) is 0.738. The maximum Gasteiger partial charge on any atom is 0.391 e. The van der Waals surface area contributed by atoms with E-state index >= 15 is 0 Å². The van der Waals surface area contributed by atoms with Crippen LogP contribution < -0.4 is 10.2 Å². The van der Waals surface area contributed by atoms with Crippen LogP contribution in [-0.4, -0.2) is 48.6 Å². The highest BCUT2D eigenvalue weighted by Crippen LogP contribution is 2.41. The number of benzene rings is 1. The maximum atomic E-state index is 12.8. The van der Waals surface area contributed by atoms with Crippen molar-refractivity contribution in [1.82, 2.24) is 4.90 Å². The summed E-state index contributed by atoms with van der Waals surface area (Å²) in [6.45, 7) is 1.23. The van der Waals surface area contributed by atoms with Gasteiger partial charge in [0.05, 0.1) is 17.3 Å². The predicted octanol–water partition coefficient (Wildman–Crippen LogP) is 4.19. The zero-order valence-corrected chi connectivity index (χ0v) is 16.9. The fourth-order valence-electron chi connectivity index (χ4n) is 5.19. The molecule has 1 aliphatic carbocycles. The third-order valence-electron chi connectivity index (χ3n) is 6.90. The van der Waals surface area contributed by atoms with Gasteiger partial charge >= 0.3 is 6.18 Å². The summed E-state index contributed by atoms with van der Waals surface area (Å²) in [6.07, 6.45) is -0.476. The zero-order chi connectivity index (χ0) is 21.3. The molecule has 5 nitrogen and oxygen atoms in total. The van der Waals surface area contributed by atoms with Gasteiger partial charge in [-0.05, 0) is 56.6 Å². The van der Waals surface area contributed by atoms with Crippen LogP contribution in [0, 0.1) is 11.8 Å². The van der Waals surface area contributed by atoms with Crippen molar-refractivity contribution in [2.75, 3.05) is 23.3 Å². The largest absolute Gasteiger partial charge is 0.391 e. The lowest BCUT2D eigenvalue weighted by molar-refractivity contribution is -0.184. The first-order valence-corrected chi connectivity index (χ1v) is 10.8. The number of nitrogens with zero attached hydrogens (tertiary/aromatic N) is 2. The fourth-order valence-corrected chi connectivity index (χ4v) is 5.19. The van der Waals surface area contributed by atoms with Crippen molar-refractivity contribution in [2.24, 2.45) is 11.8 Å². The Morgan fingerprint density at radius 2 is 1.73 bits per heavy atom. The summed E-state index contributed by atoms with van der Waals surface area (Å²) in [7, 11) is 0. The Kier molecular flexibility index (Phi) is 5.93. The monoisotopic (exact) mass is 423 g/mol. The summed E-state index contributed by atoms with van der Waals surface area (Å²) in [4.78, 5) is 28.2. The number of rotatable bonds is 4. The van der Waals surface area contributed by atoms with Gasteiger partial charge in [0.1, 0.15) is 0 Å². The molecule has 164 valence electrons. The summed E-state index contributed by atoms with van der Waals surface area (Å²) < 4.78 is 38.5. The molecule has 1 aromatic carbocycles. The van der Waals surface area contributed by atoms with E-state index in [9.17, 15) is 22.8 Å². The van der Waals surface area contributed by atoms with Gasteiger partial charge in [-0.1, -0.05) is 12.1 Å². The summed E-state index contributed by atoms with van der Waals surface area (Å²) in [5.41, 5.74) is 1.96. The van der Waals surface area contributed by atoms with Crippen molar-refractivity contribution in [3.8, 4) is 0 Å². The second kappa shape index (κ2) is 8.47. The van der Waals surface area contributed by atoms with Gasteiger partial charge in [0.25, 0.3) is 0 Å². The lowest BCUT2D eigenvalue weighted by Gasteiger charge is -2.39. The molecule has 1 aromatic rings. The van der Waals surface area contributed by atoms with E-state index in [1.165, 1.54) is 0 Å². The van der Waals surface area contributed by atoms with E-state index in [-0.39, 0.29) is 30.7 Å². The molecule has 1 N–H and O–H groups in total. The molecule has 30 heavy (non-hydrogen) atoms. The molecule has 1 amide bonds. The second-order valence-corrected chi connectivity index (χ2v) is 8.73. The van der Waals surface area contributed by atoms with Gasteiger partial charge in [-0.25, -0.2) is 0 Å². The summed E-state index contributed by atoms with van der Waals surface area (Å²) in [6, 6.07) is 8.01. The van der Waals surface area contributed by atoms with Gasteiger partial charge < -0.3 is 15.1 Å². The van der Waals surface area contributed by atoms with Gasteiger partial charge in [0.15, 0.2) is 12.5 Å². The molecule has 2 fully saturated rings. The van der Waals surface area contributed by atoms with Gasteiger partial charge in [-0.15, -0.1) is 0 Å².